The zero-order chi connectivity index (χ0) is 11.4. The summed E-state index contributed by atoms with van der Waals surface area (Å²) in [5.41, 5.74) is 5.01. The third-order valence-corrected chi connectivity index (χ3v) is 1.66. The van der Waals surface area contributed by atoms with Crippen LogP contribution < -0.4 is 11.1 Å². The third-order valence-electron chi connectivity index (χ3n) is 1.66. The average Bonchev–Trinajstić information content (AvgIpc) is 1.96. The first-order valence-electron chi connectivity index (χ1n) is 4.57. The number of carbonyl (C=O) groups excluding carboxylic acids is 1. The van der Waals surface area contributed by atoms with Crippen molar-refractivity contribution in [1.29, 1.82) is 0 Å². The third kappa shape index (κ3) is 5.53. The maximum atomic E-state index is 11.3. The first kappa shape index (κ1) is 12.9. The molecule has 0 rings (SSSR count). The number of nitrogens with two attached hydrogens (primary N) is 1. The van der Waals surface area contributed by atoms with E-state index < -0.39 is 17.6 Å². The number of aliphatic carboxylic acids is 1. The normalized spacial score (nSPS) is 13.4. The van der Waals surface area contributed by atoms with E-state index in [1.165, 1.54) is 0 Å². The Morgan fingerprint density at radius 2 is 2.00 bits per heavy atom. The van der Waals surface area contributed by atoms with E-state index in [0.717, 1.165) is 0 Å². The van der Waals surface area contributed by atoms with E-state index in [0.29, 0.717) is 6.42 Å². The number of hydrogen-bond donors (Lipinski definition) is 3. The second kappa shape index (κ2) is 4.95. The van der Waals surface area contributed by atoms with Crippen molar-refractivity contribution >= 4 is 11.9 Å². The van der Waals surface area contributed by atoms with Crippen LogP contribution in [0.3, 0.4) is 0 Å². The maximum Gasteiger partial charge on any atom is 0.326 e. The maximum absolute atomic E-state index is 11.3. The number of amides is 1. The van der Waals surface area contributed by atoms with Crippen molar-refractivity contribution in [3.05, 3.63) is 0 Å². The van der Waals surface area contributed by atoms with Gasteiger partial charge in [0.15, 0.2) is 0 Å². The van der Waals surface area contributed by atoms with E-state index >= 15 is 0 Å². The fraction of sp³-hybridized carbons (Fsp3) is 0.778. The second-order valence-electron chi connectivity index (χ2n) is 4.03. The molecule has 0 radical (unpaired) electrons. The highest BCUT2D eigenvalue weighted by atomic mass is 16.4. The number of hydrogen-bond acceptors (Lipinski definition) is 3. The molecule has 0 unspecified atom stereocenters. The number of carboxylic acids is 1. The van der Waals surface area contributed by atoms with Crippen LogP contribution in [0.25, 0.3) is 0 Å². The van der Waals surface area contributed by atoms with Gasteiger partial charge < -0.3 is 16.2 Å². The molecule has 1 atom stereocenters. The molecule has 0 aromatic heterocycles. The van der Waals surface area contributed by atoms with Gasteiger partial charge in [-0.3, -0.25) is 4.79 Å². The Kier molecular flexibility index (Phi) is 4.56. The molecule has 0 heterocycles. The molecule has 0 aromatic carbocycles. The minimum absolute atomic E-state index is 0.122. The molecule has 5 heteroatoms. The lowest BCUT2D eigenvalue weighted by molar-refractivity contribution is -0.142. The zero-order valence-corrected chi connectivity index (χ0v) is 8.83. The molecule has 82 valence electrons. The lowest BCUT2D eigenvalue weighted by Crippen LogP contribution is -2.45. The van der Waals surface area contributed by atoms with Gasteiger partial charge in [-0.15, -0.1) is 0 Å². The Morgan fingerprint density at radius 3 is 2.29 bits per heavy atom. The standard InChI is InChI=1S/C9H18N2O3/c1-4-6(8(13)14)11-7(12)5-9(2,3)10/h6H,4-5,10H2,1-3H3,(H,11,12)(H,13,14)/t6-/m1/s1. The summed E-state index contributed by atoms with van der Waals surface area (Å²) in [7, 11) is 0. The molecule has 0 aliphatic rings. The van der Waals surface area contributed by atoms with Crippen LogP contribution in [0.5, 0.6) is 0 Å². The molecule has 0 saturated heterocycles. The summed E-state index contributed by atoms with van der Waals surface area (Å²) >= 11 is 0. The second-order valence-corrected chi connectivity index (χ2v) is 4.03. The van der Waals surface area contributed by atoms with Gasteiger partial charge in [0, 0.05) is 12.0 Å². The van der Waals surface area contributed by atoms with E-state index in [2.05, 4.69) is 5.32 Å². The van der Waals surface area contributed by atoms with Crippen molar-refractivity contribution < 1.29 is 14.7 Å². The van der Waals surface area contributed by atoms with Crippen LogP contribution in [0.4, 0.5) is 0 Å². The molecule has 5 nitrogen and oxygen atoms in total. The van der Waals surface area contributed by atoms with E-state index in [4.69, 9.17) is 10.8 Å². The molecule has 14 heavy (non-hydrogen) atoms. The number of carbonyl (C=O) groups is 2. The summed E-state index contributed by atoms with van der Waals surface area (Å²) in [6, 6.07) is -0.815. The average molecular weight is 202 g/mol. The van der Waals surface area contributed by atoms with Crippen molar-refractivity contribution in [1.82, 2.24) is 5.32 Å². The fourth-order valence-electron chi connectivity index (χ4n) is 0.998. The molecule has 0 aromatic rings. The van der Waals surface area contributed by atoms with Gasteiger partial charge in [0.25, 0.3) is 0 Å². The van der Waals surface area contributed by atoms with Crippen molar-refractivity contribution in [2.24, 2.45) is 5.73 Å². The van der Waals surface area contributed by atoms with Crippen LogP contribution in [0, 0.1) is 0 Å². The zero-order valence-electron chi connectivity index (χ0n) is 8.83. The van der Waals surface area contributed by atoms with E-state index in [9.17, 15) is 9.59 Å². The summed E-state index contributed by atoms with van der Waals surface area (Å²) in [6.45, 7) is 5.13. The van der Waals surface area contributed by atoms with Crippen molar-refractivity contribution in [2.75, 3.05) is 0 Å². The summed E-state index contributed by atoms with van der Waals surface area (Å²) < 4.78 is 0. The van der Waals surface area contributed by atoms with Gasteiger partial charge in [-0.05, 0) is 20.3 Å². The molecule has 1 amide bonds. The van der Waals surface area contributed by atoms with E-state index in [-0.39, 0.29) is 12.3 Å². The van der Waals surface area contributed by atoms with Crippen molar-refractivity contribution in [3.63, 3.8) is 0 Å². The van der Waals surface area contributed by atoms with Crippen LogP contribution in [0.2, 0.25) is 0 Å². The molecular weight excluding hydrogens is 184 g/mol. The van der Waals surface area contributed by atoms with Crippen LogP contribution in [-0.4, -0.2) is 28.6 Å². The number of rotatable bonds is 5. The number of nitrogens with one attached hydrogen (secondary N) is 1. The molecule has 4 N–H and O–H groups in total. The summed E-state index contributed by atoms with van der Waals surface area (Å²) in [6.07, 6.45) is 0.489. The topological polar surface area (TPSA) is 92.4 Å². The molecule has 0 spiro atoms. The Bertz CT molecular complexity index is 221. The molecule has 0 aliphatic carbocycles. The minimum atomic E-state index is -1.02. The van der Waals surface area contributed by atoms with Crippen LogP contribution in [0.1, 0.15) is 33.6 Å². The van der Waals surface area contributed by atoms with Gasteiger partial charge in [-0.2, -0.15) is 0 Å². The van der Waals surface area contributed by atoms with Gasteiger partial charge in [0.05, 0.1) is 0 Å². The quantitative estimate of drug-likeness (QED) is 0.589. The van der Waals surface area contributed by atoms with Crippen LogP contribution >= 0.6 is 0 Å². The highest BCUT2D eigenvalue weighted by molar-refractivity contribution is 5.83. The highest BCUT2D eigenvalue weighted by Crippen LogP contribution is 2.03. The van der Waals surface area contributed by atoms with Crippen molar-refractivity contribution in [2.45, 2.75) is 45.2 Å². The Labute approximate surface area is 83.7 Å². The molecule has 0 bridgehead atoms. The predicted octanol–water partition coefficient (Wildman–Crippen LogP) is 0.0932. The number of carboxylic acid groups (broad SMARTS) is 1. The Morgan fingerprint density at radius 1 is 1.50 bits per heavy atom. The summed E-state index contributed by atoms with van der Waals surface area (Å²) in [4.78, 5) is 21.9. The smallest absolute Gasteiger partial charge is 0.326 e. The SMILES string of the molecule is CC[C@@H](NC(=O)CC(C)(C)N)C(=O)O. The Balaban J connectivity index is 4.11. The van der Waals surface area contributed by atoms with Crippen molar-refractivity contribution in [3.8, 4) is 0 Å². The van der Waals surface area contributed by atoms with Gasteiger partial charge in [-0.1, -0.05) is 6.92 Å². The summed E-state index contributed by atoms with van der Waals surface area (Å²) in [5, 5.41) is 11.1. The highest BCUT2D eigenvalue weighted by Gasteiger charge is 2.21. The lowest BCUT2D eigenvalue weighted by Gasteiger charge is -2.19. The molecular formula is C9H18N2O3. The fourth-order valence-corrected chi connectivity index (χ4v) is 0.998. The van der Waals surface area contributed by atoms with Crippen LogP contribution in [0.15, 0.2) is 0 Å². The van der Waals surface area contributed by atoms with Crippen LogP contribution in [-0.2, 0) is 9.59 Å². The molecule has 0 fully saturated rings. The molecule has 0 saturated carbocycles. The minimum Gasteiger partial charge on any atom is -0.480 e. The predicted molar refractivity (Wildman–Crippen MR) is 52.7 cm³/mol. The van der Waals surface area contributed by atoms with Gasteiger partial charge in [-0.25, -0.2) is 4.79 Å². The lowest BCUT2D eigenvalue weighted by atomic mass is 10.0. The van der Waals surface area contributed by atoms with E-state index in [1.807, 2.05) is 0 Å². The first-order valence-corrected chi connectivity index (χ1v) is 4.57. The van der Waals surface area contributed by atoms with E-state index in [1.54, 1.807) is 20.8 Å². The van der Waals surface area contributed by atoms with Gasteiger partial charge >= 0.3 is 5.97 Å². The Hall–Kier alpha value is -1.10. The summed E-state index contributed by atoms with van der Waals surface area (Å²) in [5.74, 6) is -1.34. The first-order chi connectivity index (χ1) is 6.26. The van der Waals surface area contributed by atoms with Gasteiger partial charge in [0.1, 0.15) is 6.04 Å². The molecule has 0 aliphatic heterocycles. The monoisotopic (exact) mass is 202 g/mol. The largest absolute Gasteiger partial charge is 0.480 e. The van der Waals surface area contributed by atoms with Gasteiger partial charge in [0.2, 0.25) is 5.91 Å².